The molecule has 3 aliphatic heterocycles. The molecule has 0 aromatic heterocycles. The molecular weight excluding hydrogens is 531 g/mol. The van der Waals surface area contributed by atoms with Gasteiger partial charge in [0, 0.05) is 69.2 Å². The third-order valence-electron chi connectivity index (χ3n) is 5.11. The van der Waals surface area contributed by atoms with Gasteiger partial charge in [0.05, 0.1) is 0 Å². The molecule has 0 saturated carbocycles. The molecule has 192 valence electrons. The van der Waals surface area contributed by atoms with Crippen LogP contribution in [0.4, 0.5) is 0 Å². The summed E-state index contributed by atoms with van der Waals surface area (Å²) in [7, 11) is 0. The molecule has 8 nitrogen and oxygen atoms in total. The minimum absolute atomic E-state index is 0. The first-order valence-electron chi connectivity index (χ1n) is 11.2. The number of carbonyl (C=O) groups is 4. The van der Waals surface area contributed by atoms with Gasteiger partial charge in [-0.25, -0.2) is 19.2 Å². The zero-order valence-electron chi connectivity index (χ0n) is 21.1. The molecule has 0 atom stereocenters. The van der Waals surface area contributed by atoms with E-state index in [1.54, 1.807) is 0 Å². The maximum absolute atomic E-state index is 9.92. The van der Waals surface area contributed by atoms with Crippen molar-refractivity contribution in [1.82, 2.24) is 9.80 Å². The molecule has 0 fully saturated rings. The van der Waals surface area contributed by atoms with E-state index in [9.17, 15) is 19.2 Å². The van der Waals surface area contributed by atoms with Crippen LogP contribution in [0.15, 0.2) is 36.7 Å². The molecule has 0 aromatic rings. The van der Waals surface area contributed by atoms with E-state index >= 15 is 0 Å². The average molecular weight is 567 g/mol. The molecule has 34 heavy (non-hydrogen) atoms. The first-order valence-corrected chi connectivity index (χ1v) is 11.2. The Hall–Kier alpha value is -2.24. The molecule has 2 radical (unpaired) electrons. The van der Waals surface area contributed by atoms with E-state index < -0.39 is 23.9 Å². The van der Waals surface area contributed by atoms with Crippen molar-refractivity contribution in [2.45, 2.75) is 67.5 Å². The van der Waals surface area contributed by atoms with E-state index in [0.29, 0.717) is 35.8 Å². The largest absolute Gasteiger partial charge is 0.387 e. The van der Waals surface area contributed by atoms with Gasteiger partial charge >= 0.3 is 23.9 Å². The summed E-state index contributed by atoms with van der Waals surface area (Å²) in [5.41, 5.74) is 0. The zero-order chi connectivity index (χ0) is 25.3. The number of cyclic esters (lactones) is 4. The summed E-state index contributed by atoms with van der Waals surface area (Å²) < 4.78 is 7.94. The van der Waals surface area contributed by atoms with Crippen LogP contribution in [-0.4, -0.2) is 45.8 Å². The summed E-state index contributed by atoms with van der Waals surface area (Å²) >= 11 is 0. The van der Waals surface area contributed by atoms with Crippen molar-refractivity contribution in [3.63, 3.8) is 0 Å². The Morgan fingerprint density at radius 2 is 0.794 bits per heavy atom. The van der Waals surface area contributed by atoms with Crippen molar-refractivity contribution in [1.29, 1.82) is 0 Å². The zero-order valence-corrected chi connectivity index (χ0v) is 22.6. The predicted octanol–water partition coefficient (Wildman–Crippen LogP) is 3.68. The van der Waals surface area contributed by atoms with Gasteiger partial charge in [0.2, 0.25) is 6.67 Å². The van der Waals surface area contributed by atoms with Crippen LogP contribution in [0.1, 0.15) is 55.4 Å². The van der Waals surface area contributed by atoms with E-state index in [4.69, 9.17) is 0 Å². The number of rotatable bonds is 6. The number of nitrogens with zero attached hydrogens (tertiary/aromatic N) is 2. The number of hydrogen-bond donors (Lipinski definition) is 0. The third kappa shape index (κ3) is 10.4. The fourth-order valence-corrected chi connectivity index (χ4v) is 4.11. The monoisotopic (exact) mass is 566 g/mol. The topological polar surface area (TPSA) is 93.2 Å². The van der Waals surface area contributed by atoms with Crippen molar-refractivity contribution >= 4 is 23.9 Å². The molecule has 0 N–H and O–H groups in total. The van der Waals surface area contributed by atoms with Crippen LogP contribution in [0.3, 0.4) is 0 Å². The Kier molecular flexibility index (Phi) is 13.9. The summed E-state index contributed by atoms with van der Waals surface area (Å²) in [6, 6.07) is 1.06. The first kappa shape index (κ1) is 31.8. The Morgan fingerprint density at radius 1 is 0.559 bits per heavy atom. The summed E-state index contributed by atoms with van der Waals surface area (Å²) in [5.74, 6) is 0.217. The van der Waals surface area contributed by atoms with Crippen LogP contribution in [-0.2, 0) is 49.1 Å². The van der Waals surface area contributed by atoms with E-state index in [2.05, 4.69) is 93.7 Å². The molecule has 0 bridgehead atoms. The van der Waals surface area contributed by atoms with Crippen LogP contribution in [0.2, 0.25) is 0 Å². The molecule has 0 unspecified atom stereocenters. The summed E-state index contributed by atoms with van der Waals surface area (Å²) in [5, 5.41) is 0. The van der Waals surface area contributed by atoms with Crippen molar-refractivity contribution in [3.8, 4) is 0 Å². The maximum Gasteiger partial charge on any atom is 0.338 e. The molecule has 3 heterocycles. The van der Waals surface area contributed by atoms with E-state index in [-0.39, 0.29) is 20.4 Å². The summed E-state index contributed by atoms with van der Waals surface area (Å²) in [6.45, 7) is 21.9. The van der Waals surface area contributed by atoms with Gasteiger partial charge in [0.25, 0.3) is 0 Å². The molecule has 3 rings (SSSR count). The summed E-state index contributed by atoms with van der Waals surface area (Å²) in [6.07, 6.45) is 8.74. The standard InChI is InChI=1S/C17H32N2.2C4H2O3.Pd/c1-12(2)16(13(3)4)18-9-10-19(11-18)17(14(5)6)15(7)8;2*5-3-1-2-4(6)7-3;/h9-10,12-17H,1-8H3;2*1-2H;. The van der Waals surface area contributed by atoms with E-state index in [1.165, 1.54) is 0 Å². The number of hydrogen-bond acceptors (Lipinski definition) is 8. The molecule has 3 aliphatic rings. The van der Waals surface area contributed by atoms with Crippen molar-refractivity contribution in [3.05, 3.63) is 43.4 Å². The van der Waals surface area contributed by atoms with E-state index in [0.717, 1.165) is 24.3 Å². The molecule has 0 spiro atoms. The normalized spacial score (nSPS) is 16.5. The van der Waals surface area contributed by atoms with Gasteiger partial charge in [0.1, 0.15) is 0 Å². The second-order valence-corrected chi connectivity index (χ2v) is 9.32. The second kappa shape index (κ2) is 14.9. The van der Waals surface area contributed by atoms with Gasteiger partial charge < -0.3 is 19.3 Å². The van der Waals surface area contributed by atoms with Gasteiger partial charge in [-0.15, -0.1) is 0 Å². The Labute approximate surface area is 217 Å². The molecule has 0 aliphatic carbocycles. The third-order valence-corrected chi connectivity index (χ3v) is 5.11. The smallest absolute Gasteiger partial charge is 0.338 e. The SMILES string of the molecule is CC(C)C(C(C)C)N1[C]N(C(C(C)C)C(C)C)C=C1.O=C1C=CC(=O)O1.O=C1C=CC(=O)O1.[Pd]. The van der Waals surface area contributed by atoms with Gasteiger partial charge in [-0.3, -0.25) is 0 Å². The minimum atomic E-state index is -0.579. The fourth-order valence-electron chi connectivity index (χ4n) is 4.11. The second-order valence-electron chi connectivity index (χ2n) is 9.32. The van der Waals surface area contributed by atoms with Gasteiger partial charge in [-0.05, 0) is 23.7 Å². The van der Waals surface area contributed by atoms with Crippen LogP contribution in [0.5, 0.6) is 0 Å². The fraction of sp³-hybridized carbons (Fsp3) is 0.560. The average Bonchev–Trinajstić information content (AvgIpc) is 3.38. The number of esters is 4. The Bertz CT molecular complexity index is 689. The van der Waals surface area contributed by atoms with E-state index in [1.807, 2.05) is 0 Å². The van der Waals surface area contributed by atoms with Crippen LogP contribution < -0.4 is 0 Å². The Morgan fingerprint density at radius 3 is 0.941 bits per heavy atom. The van der Waals surface area contributed by atoms with Crippen molar-refractivity contribution in [2.24, 2.45) is 23.7 Å². The maximum atomic E-state index is 9.92. The number of ether oxygens (including phenoxy) is 2. The molecular formula is C25H36N2O6Pd. The summed E-state index contributed by atoms with van der Waals surface area (Å²) in [4.78, 5) is 44.3. The minimum Gasteiger partial charge on any atom is -0.387 e. The molecule has 0 amide bonds. The van der Waals surface area contributed by atoms with Crippen LogP contribution in [0.25, 0.3) is 0 Å². The van der Waals surface area contributed by atoms with Crippen molar-refractivity contribution in [2.75, 3.05) is 0 Å². The molecule has 0 saturated heterocycles. The van der Waals surface area contributed by atoms with Crippen molar-refractivity contribution < 1.29 is 49.1 Å². The molecule has 9 heteroatoms. The molecule has 0 aromatic carbocycles. The van der Waals surface area contributed by atoms with Gasteiger partial charge in [0.15, 0.2) is 0 Å². The quantitative estimate of drug-likeness (QED) is 0.273. The van der Waals surface area contributed by atoms with Gasteiger partial charge in [-0.1, -0.05) is 55.4 Å². The van der Waals surface area contributed by atoms with Crippen LogP contribution >= 0.6 is 0 Å². The predicted molar refractivity (Wildman–Crippen MR) is 123 cm³/mol. The Balaban J connectivity index is 0.000000589. The first-order chi connectivity index (χ1) is 15.3. The van der Waals surface area contributed by atoms with Crippen LogP contribution in [0, 0.1) is 30.3 Å². The van der Waals surface area contributed by atoms with Gasteiger partial charge in [-0.2, -0.15) is 0 Å². The number of carbonyl (C=O) groups excluding carboxylic acids is 4.